The quantitative estimate of drug-likeness (QED) is 0.719. The van der Waals surface area contributed by atoms with Crippen LogP contribution in [0.1, 0.15) is 25.8 Å². The van der Waals surface area contributed by atoms with Gasteiger partial charge in [-0.2, -0.15) is 18.2 Å². The normalized spacial score (nSPS) is 11.4. The van der Waals surface area contributed by atoms with Gasteiger partial charge in [-0.15, -0.1) is 0 Å². The molecule has 2 aromatic rings. The molecule has 0 aliphatic carbocycles. The molecule has 0 bridgehead atoms. The molecular weight excluding hydrogens is 343 g/mol. The van der Waals surface area contributed by atoms with Gasteiger partial charge < -0.3 is 9.64 Å². The van der Waals surface area contributed by atoms with Crippen LogP contribution in [-0.4, -0.2) is 23.1 Å². The predicted octanol–water partition coefficient (Wildman–Crippen LogP) is 5.10. The number of alkyl halides is 3. The molecule has 130 valence electrons. The van der Waals surface area contributed by atoms with E-state index in [1.54, 1.807) is 36.1 Å². The maximum atomic E-state index is 13.1. The molecule has 0 aliphatic heterocycles. The summed E-state index contributed by atoms with van der Waals surface area (Å²) in [6, 6.07) is 6.88. The van der Waals surface area contributed by atoms with E-state index in [2.05, 4.69) is 9.97 Å². The highest BCUT2D eigenvalue weighted by atomic mass is 35.5. The van der Waals surface area contributed by atoms with E-state index in [0.717, 1.165) is 11.9 Å². The Kier molecular flexibility index (Phi) is 5.88. The molecule has 1 aromatic heterocycles. The first kappa shape index (κ1) is 18.3. The first-order valence-electron chi connectivity index (χ1n) is 7.47. The molecule has 0 amide bonds. The molecule has 0 N–H and O–H groups in total. The smallest absolute Gasteiger partial charge is 0.423 e. The molecule has 1 aromatic carbocycles. The summed E-state index contributed by atoms with van der Waals surface area (Å²) in [6.07, 6.45) is -3.24. The molecule has 24 heavy (non-hydrogen) atoms. The van der Waals surface area contributed by atoms with E-state index < -0.39 is 17.6 Å². The van der Waals surface area contributed by atoms with Gasteiger partial charge in [0.2, 0.25) is 11.8 Å². The number of anilines is 2. The molecule has 2 rings (SSSR count). The van der Waals surface area contributed by atoms with E-state index in [9.17, 15) is 13.2 Å². The van der Waals surface area contributed by atoms with Crippen LogP contribution in [0, 0.1) is 0 Å². The average Bonchev–Trinajstić information content (AvgIpc) is 2.54. The summed E-state index contributed by atoms with van der Waals surface area (Å²) in [7, 11) is 0. The van der Waals surface area contributed by atoms with Gasteiger partial charge in [-0.1, -0.05) is 18.5 Å². The van der Waals surface area contributed by atoms with Crippen molar-refractivity contribution in [1.29, 1.82) is 0 Å². The second kappa shape index (κ2) is 7.70. The van der Waals surface area contributed by atoms with Crippen LogP contribution in [0.25, 0.3) is 0 Å². The molecule has 0 spiro atoms. The molecule has 4 nitrogen and oxygen atoms in total. The lowest BCUT2D eigenvalue weighted by atomic mass is 10.3. The zero-order valence-corrected chi connectivity index (χ0v) is 14.0. The van der Waals surface area contributed by atoms with Crippen molar-refractivity contribution in [2.45, 2.75) is 26.4 Å². The molecule has 0 saturated heterocycles. The van der Waals surface area contributed by atoms with E-state index in [1.165, 1.54) is 0 Å². The molecule has 0 fully saturated rings. The van der Waals surface area contributed by atoms with Crippen LogP contribution in [-0.2, 0) is 6.18 Å². The molecular formula is C16H17ClF3N3O. The van der Waals surface area contributed by atoms with E-state index in [4.69, 9.17) is 16.3 Å². The van der Waals surface area contributed by atoms with Crippen molar-refractivity contribution >= 4 is 23.2 Å². The largest absolute Gasteiger partial charge is 0.477 e. The third-order valence-corrected chi connectivity index (χ3v) is 3.44. The highest BCUT2D eigenvalue weighted by molar-refractivity contribution is 6.30. The third-order valence-electron chi connectivity index (χ3n) is 3.19. The van der Waals surface area contributed by atoms with Crippen molar-refractivity contribution in [2.75, 3.05) is 18.1 Å². The maximum Gasteiger partial charge on any atom is 0.423 e. The number of benzene rings is 1. The number of rotatable bonds is 6. The summed E-state index contributed by atoms with van der Waals surface area (Å²) in [5.74, 6) is -0.319. The molecule has 0 aliphatic rings. The van der Waals surface area contributed by atoms with Crippen LogP contribution in [0.15, 0.2) is 30.5 Å². The monoisotopic (exact) mass is 359 g/mol. The van der Waals surface area contributed by atoms with Crippen molar-refractivity contribution in [3.8, 4) is 5.88 Å². The second-order valence-corrected chi connectivity index (χ2v) is 5.39. The Labute approximate surface area is 143 Å². The van der Waals surface area contributed by atoms with Crippen LogP contribution < -0.4 is 9.64 Å². The Morgan fingerprint density at radius 2 is 1.83 bits per heavy atom. The van der Waals surface area contributed by atoms with Gasteiger partial charge in [0, 0.05) is 23.5 Å². The fourth-order valence-electron chi connectivity index (χ4n) is 2.05. The average molecular weight is 360 g/mol. The van der Waals surface area contributed by atoms with Crippen molar-refractivity contribution in [3.05, 3.63) is 41.0 Å². The molecule has 8 heteroatoms. The van der Waals surface area contributed by atoms with Gasteiger partial charge in [-0.05, 0) is 37.6 Å². The van der Waals surface area contributed by atoms with Gasteiger partial charge in [0.15, 0.2) is 0 Å². The lowest BCUT2D eigenvalue weighted by molar-refractivity contribution is -0.139. The fourth-order valence-corrected chi connectivity index (χ4v) is 2.18. The Hall–Kier alpha value is -2.02. The topological polar surface area (TPSA) is 38.2 Å². The predicted molar refractivity (Wildman–Crippen MR) is 87.0 cm³/mol. The van der Waals surface area contributed by atoms with Gasteiger partial charge in [-0.25, -0.2) is 4.98 Å². The Balaban J connectivity index is 2.43. The van der Waals surface area contributed by atoms with Gasteiger partial charge in [0.1, 0.15) is 5.56 Å². The zero-order valence-electron chi connectivity index (χ0n) is 13.3. The molecule has 0 unspecified atom stereocenters. The van der Waals surface area contributed by atoms with Crippen LogP contribution in [0.4, 0.5) is 24.8 Å². The van der Waals surface area contributed by atoms with Gasteiger partial charge in [0.25, 0.3) is 0 Å². The Bertz CT molecular complexity index is 677. The van der Waals surface area contributed by atoms with E-state index in [0.29, 0.717) is 18.0 Å². The molecule has 0 saturated carbocycles. The van der Waals surface area contributed by atoms with Crippen LogP contribution in [0.2, 0.25) is 5.02 Å². The Morgan fingerprint density at radius 1 is 1.17 bits per heavy atom. The second-order valence-electron chi connectivity index (χ2n) is 4.96. The summed E-state index contributed by atoms with van der Waals surface area (Å²) in [4.78, 5) is 9.53. The standard InChI is InChI=1S/C16H17ClF3N3O/c1-3-9-24-14-13(16(18,19)20)10-21-15(22-14)23(4-2)12-7-5-11(17)6-8-12/h5-8,10H,3-4,9H2,1-2H3. The summed E-state index contributed by atoms with van der Waals surface area (Å²) in [5.41, 5.74) is -0.255. The van der Waals surface area contributed by atoms with Crippen molar-refractivity contribution < 1.29 is 17.9 Å². The van der Waals surface area contributed by atoms with Gasteiger partial charge >= 0.3 is 6.18 Å². The van der Waals surface area contributed by atoms with Crippen LogP contribution in [0.5, 0.6) is 5.88 Å². The minimum Gasteiger partial charge on any atom is -0.477 e. The van der Waals surface area contributed by atoms with E-state index in [-0.39, 0.29) is 12.6 Å². The summed E-state index contributed by atoms with van der Waals surface area (Å²) in [5, 5.41) is 0.565. The highest BCUT2D eigenvalue weighted by Gasteiger charge is 2.36. The first-order valence-corrected chi connectivity index (χ1v) is 7.84. The number of hydrogen-bond donors (Lipinski definition) is 0. The number of nitrogens with zero attached hydrogens (tertiary/aromatic N) is 3. The molecule has 0 atom stereocenters. The highest BCUT2D eigenvalue weighted by Crippen LogP contribution is 2.36. The number of aromatic nitrogens is 2. The summed E-state index contributed by atoms with van der Waals surface area (Å²) in [6.45, 7) is 4.27. The number of halogens is 4. The third kappa shape index (κ3) is 4.29. The Morgan fingerprint density at radius 3 is 2.38 bits per heavy atom. The van der Waals surface area contributed by atoms with Crippen molar-refractivity contribution in [2.24, 2.45) is 0 Å². The minimum atomic E-state index is -4.57. The van der Waals surface area contributed by atoms with E-state index in [1.807, 2.05) is 6.92 Å². The molecule has 1 heterocycles. The molecule has 0 radical (unpaired) electrons. The van der Waals surface area contributed by atoms with Crippen LogP contribution >= 0.6 is 11.6 Å². The SMILES string of the molecule is CCCOc1nc(N(CC)c2ccc(Cl)cc2)ncc1C(F)(F)F. The number of ether oxygens (including phenoxy) is 1. The van der Waals surface area contributed by atoms with Crippen molar-refractivity contribution in [1.82, 2.24) is 9.97 Å². The van der Waals surface area contributed by atoms with E-state index >= 15 is 0 Å². The minimum absolute atomic E-state index is 0.138. The fraction of sp³-hybridized carbons (Fsp3) is 0.375. The summed E-state index contributed by atoms with van der Waals surface area (Å²) < 4.78 is 44.4. The van der Waals surface area contributed by atoms with Gasteiger partial charge in [0.05, 0.1) is 6.61 Å². The summed E-state index contributed by atoms with van der Waals surface area (Å²) >= 11 is 5.86. The van der Waals surface area contributed by atoms with Crippen LogP contribution in [0.3, 0.4) is 0 Å². The van der Waals surface area contributed by atoms with Crippen molar-refractivity contribution in [3.63, 3.8) is 0 Å². The lowest BCUT2D eigenvalue weighted by Crippen LogP contribution is -2.20. The first-order chi connectivity index (χ1) is 11.4. The number of hydrogen-bond acceptors (Lipinski definition) is 4. The lowest BCUT2D eigenvalue weighted by Gasteiger charge is -2.22. The zero-order chi connectivity index (χ0) is 17.7. The maximum absolute atomic E-state index is 13.1. The van der Waals surface area contributed by atoms with Gasteiger partial charge in [-0.3, -0.25) is 0 Å².